The van der Waals surface area contributed by atoms with E-state index in [-0.39, 0.29) is 29.4 Å². The van der Waals surface area contributed by atoms with E-state index in [2.05, 4.69) is 5.32 Å². The summed E-state index contributed by atoms with van der Waals surface area (Å²) >= 11 is 7.42. The minimum atomic E-state index is -0.541. The molecular weight excluding hydrogens is 447 g/mol. The van der Waals surface area contributed by atoms with Crippen LogP contribution in [0.25, 0.3) is 0 Å². The molecule has 0 radical (unpaired) electrons. The Labute approximate surface area is 198 Å². The Kier molecular flexibility index (Phi) is 9.42. The molecule has 32 heavy (non-hydrogen) atoms. The maximum absolute atomic E-state index is 14.1. The zero-order valence-electron chi connectivity index (χ0n) is 18.4. The summed E-state index contributed by atoms with van der Waals surface area (Å²) in [6.45, 7) is 2.29. The topological polar surface area (TPSA) is 49.4 Å². The van der Waals surface area contributed by atoms with E-state index in [4.69, 9.17) is 11.6 Å². The van der Waals surface area contributed by atoms with Crippen LogP contribution in [0.3, 0.4) is 0 Å². The van der Waals surface area contributed by atoms with Crippen LogP contribution in [0.15, 0.2) is 48.5 Å². The van der Waals surface area contributed by atoms with Crippen molar-refractivity contribution in [1.82, 2.24) is 10.2 Å². The van der Waals surface area contributed by atoms with Crippen LogP contribution in [0.1, 0.15) is 50.2 Å². The van der Waals surface area contributed by atoms with E-state index in [0.717, 1.165) is 31.2 Å². The molecule has 0 aromatic heterocycles. The maximum Gasteiger partial charge on any atom is 0.243 e. The van der Waals surface area contributed by atoms with Crippen LogP contribution in [0.4, 0.5) is 4.39 Å². The summed E-state index contributed by atoms with van der Waals surface area (Å²) in [6.07, 6.45) is 4.77. The summed E-state index contributed by atoms with van der Waals surface area (Å²) in [5, 5.41) is 3.50. The van der Waals surface area contributed by atoms with E-state index >= 15 is 0 Å². The lowest BCUT2D eigenvalue weighted by Crippen LogP contribution is -2.51. The third-order valence-electron chi connectivity index (χ3n) is 5.82. The van der Waals surface area contributed by atoms with Gasteiger partial charge in [0.15, 0.2) is 0 Å². The van der Waals surface area contributed by atoms with Crippen LogP contribution in [0, 0.1) is 5.82 Å². The second-order valence-corrected chi connectivity index (χ2v) is 9.51. The van der Waals surface area contributed by atoms with Crippen molar-refractivity contribution in [3.63, 3.8) is 0 Å². The van der Waals surface area contributed by atoms with Crippen molar-refractivity contribution >= 4 is 35.2 Å². The third-order valence-corrected chi connectivity index (χ3v) is 7.11. The van der Waals surface area contributed by atoms with Crippen molar-refractivity contribution in [1.29, 1.82) is 0 Å². The van der Waals surface area contributed by atoms with Crippen LogP contribution < -0.4 is 5.32 Å². The van der Waals surface area contributed by atoms with E-state index in [1.54, 1.807) is 17.0 Å². The Morgan fingerprint density at radius 1 is 1.16 bits per heavy atom. The molecule has 1 atom stereocenters. The van der Waals surface area contributed by atoms with Gasteiger partial charge in [-0.25, -0.2) is 4.39 Å². The van der Waals surface area contributed by atoms with Gasteiger partial charge in [0.05, 0.1) is 5.75 Å². The van der Waals surface area contributed by atoms with Gasteiger partial charge in [-0.3, -0.25) is 9.59 Å². The van der Waals surface area contributed by atoms with Gasteiger partial charge >= 0.3 is 0 Å². The second-order valence-electron chi connectivity index (χ2n) is 8.11. The Balaban J connectivity index is 1.70. The summed E-state index contributed by atoms with van der Waals surface area (Å²) in [5.74, 6) is -0.168. The highest BCUT2D eigenvalue weighted by Crippen LogP contribution is 2.25. The molecule has 0 aliphatic heterocycles. The van der Waals surface area contributed by atoms with E-state index < -0.39 is 6.04 Å². The molecule has 1 aliphatic carbocycles. The summed E-state index contributed by atoms with van der Waals surface area (Å²) in [4.78, 5) is 28.0. The SMILES string of the molecule is CC[C@@H](C(=O)NC1CCCC1)N(Cc1ccccc1)C(=O)CSCc1c(F)cccc1Cl. The van der Waals surface area contributed by atoms with Crippen LogP contribution in [0.5, 0.6) is 0 Å². The number of hydrogen-bond acceptors (Lipinski definition) is 3. The number of nitrogens with one attached hydrogen (secondary N) is 1. The van der Waals surface area contributed by atoms with Gasteiger partial charge in [-0.05, 0) is 37.0 Å². The lowest BCUT2D eigenvalue weighted by Gasteiger charge is -2.31. The predicted octanol–water partition coefficient (Wildman–Crippen LogP) is 5.58. The first-order valence-corrected chi connectivity index (χ1v) is 12.7. The van der Waals surface area contributed by atoms with E-state index in [9.17, 15) is 14.0 Å². The number of halogens is 2. The van der Waals surface area contributed by atoms with Crippen molar-refractivity contribution < 1.29 is 14.0 Å². The molecule has 1 N–H and O–H groups in total. The molecule has 0 spiro atoms. The number of thioether (sulfide) groups is 1. The molecule has 0 unspecified atom stereocenters. The van der Waals surface area contributed by atoms with Crippen molar-refractivity contribution in [2.75, 3.05) is 5.75 Å². The van der Waals surface area contributed by atoms with Crippen LogP contribution in [-0.4, -0.2) is 34.6 Å². The number of carbonyl (C=O) groups is 2. The number of amides is 2. The molecule has 172 valence electrons. The lowest BCUT2D eigenvalue weighted by molar-refractivity contribution is -0.139. The first-order valence-electron chi connectivity index (χ1n) is 11.1. The Bertz CT molecular complexity index is 886. The fraction of sp³-hybridized carbons (Fsp3) is 0.440. The van der Waals surface area contributed by atoms with Gasteiger partial charge in [-0.1, -0.05) is 67.8 Å². The average Bonchev–Trinajstić information content (AvgIpc) is 3.29. The van der Waals surface area contributed by atoms with E-state index in [1.165, 1.54) is 17.8 Å². The Morgan fingerprint density at radius 2 is 1.88 bits per heavy atom. The largest absolute Gasteiger partial charge is 0.352 e. The molecular formula is C25H30ClFN2O2S. The highest BCUT2D eigenvalue weighted by Gasteiger charge is 2.30. The molecule has 0 heterocycles. The molecule has 4 nitrogen and oxygen atoms in total. The van der Waals surface area contributed by atoms with Gasteiger partial charge in [0.2, 0.25) is 11.8 Å². The second kappa shape index (κ2) is 12.3. The fourth-order valence-corrected chi connectivity index (χ4v) is 5.31. The third kappa shape index (κ3) is 6.72. The Morgan fingerprint density at radius 3 is 2.53 bits per heavy atom. The number of hydrogen-bond donors (Lipinski definition) is 1. The fourth-order valence-electron chi connectivity index (χ4n) is 4.06. The molecule has 2 aromatic carbocycles. The van der Waals surface area contributed by atoms with Gasteiger partial charge in [0.25, 0.3) is 0 Å². The molecule has 1 fully saturated rings. The van der Waals surface area contributed by atoms with Gasteiger partial charge < -0.3 is 10.2 Å². The number of carbonyl (C=O) groups excluding carboxylic acids is 2. The molecule has 2 aromatic rings. The first-order chi connectivity index (χ1) is 15.5. The zero-order valence-corrected chi connectivity index (χ0v) is 19.9. The monoisotopic (exact) mass is 476 g/mol. The predicted molar refractivity (Wildman–Crippen MR) is 129 cm³/mol. The summed E-state index contributed by atoms with van der Waals surface area (Å²) < 4.78 is 14.1. The molecule has 1 saturated carbocycles. The van der Waals surface area contributed by atoms with Crippen LogP contribution >= 0.6 is 23.4 Å². The average molecular weight is 477 g/mol. The van der Waals surface area contributed by atoms with Crippen molar-refractivity contribution in [2.45, 2.75) is 63.4 Å². The highest BCUT2D eigenvalue weighted by atomic mass is 35.5. The summed E-state index contributed by atoms with van der Waals surface area (Å²) in [6, 6.07) is 13.9. The van der Waals surface area contributed by atoms with Crippen LogP contribution in [-0.2, 0) is 21.9 Å². The molecule has 1 aliphatic rings. The standard InChI is InChI=1S/C25H30ClFN2O2S/c1-2-23(25(31)28-19-11-6-7-12-19)29(15-18-9-4-3-5-10-18)24(30)17-32-16-20-21(26)13-8-14-22(20)27/h3-5,8-10,13-14,19,23H,2,6-7,11-12,15-17H2,1H3,(H,28,31)/t23-/m0/s1. The highest BCUT2D eigenvalue weighted by molar-refractivity contribution is 7.99. The normalized spacial score (nSPS) is 14.8. The molecule has 7 heteroatoms. The Hall–Kier alpha value is -2.05. The molecule has 0 bridgehead atoms. The summed E-state index contributed by atoms with van der Waals surface area (Å²) in [5.41, 5.74) is 1.36. The lowest BCUT2D eigenvalue weighted by atomic mass is 10.1. The number of rotatable bonds is 10. The minimum absolute atomic E-state index is 0.0918. The van der Waals surface area contributed by atoms with Gasteiger partial charge in [-0.15, -0.1) is 11.8 Å². The minimum Gasteiger partial charge on any atom is -0.352 e. The van der Waals surface area contributed by atoms with Crippen molar-refractivity contribution in [2.24, 2.45) is 0 Å². The molecule has 3 rings (SSSR count). The van der Waals surface area contributed by atoms with Crippen LogP contribution in [0.2, 0.25) is 5.02 Å². The molecule has 2 amide bonds. The smallest absolute Gasteiger partial charge is 0.243 e. The first kappa shape index (κ1) is 24.6. The van der Waals surface area contributed by atoms with Crippen molar-refractivity contribution in [3.8, 4) is 0 Å². The quantitative estimate of drug-likeness (QED) is 0.487. The summed E-state index contributed by atoms with van der Waals surface area (Å²) in [7, 11) is 0. The van der Waals surface area contributed by atoms with E-state index in [0.29, 0.717) is 29.3 Å². The van der Waals surface area contributed by atoms with Gasteiger partial charge in [0, 0.05) is 28.9 Å². The van der Waals surface area contributed by atoms with Crippen molar-refractivity contribution in [3.05, 3.63) is 70.5 Å². The molecule has 0 saturated heterocycles. The van der Waals surface area contributed by atoms with Gasteiger partial charge in [0.1, 0.15) is 11.9 Å². The van der Waals surface area contributed by atoms with Gasteiger partial charge in [-0.2, -0.15) is 0 Å². The number of benzene rings is 2. The van der Waals surface area contributed by atoms with E-state index in [1.807, 2.05) is 37.3 Å². The number of nitrogens with zero attached hydrogens (tertiary/aromatic N) is 1. The maximum atomic E-state index is 14.1. The zero-order chi connectivity index (χ0) is 22.9.